The van der Waals surface area contributed by atoms with Gasteiger partial charge < -0.3 is 11.1 Å². The summed E-state index contributed by atoms with van der Waals surface area (Å²) in [6.07, 6.45) is 1.46. The first-order chi connectivity index (χ1) is 8.60. The zero-order chi connectivity index (χ0) is 13.1. The molecule has 2 rings (SSSR count). The summed E-state index contributed by atoms with van der Waals surface area (Å²) in [7, 11) is 0. The molecule has 6 heteroatoms. The first-order valence-corrected chi connectivity index (χ1v) is 6.15. The number of nitrogens with zero attached hydrogens (tertiary/aromatic N) is 2. The summed E-state index contributed by atoms with van der Waals surface area (Å²) >= 11 is 9.31. The van der Waals surface area contributed by atoms with Crippen molar-refractivity contribution in [3.8, 4) is 6.07 Å². The molecule has 18 heavy (non-hydrogen) atoms. The maximum absolute atomic E-state index is 8.73. The van der Waals surface area contributed by atoms with Crippen LogP contribution in [0.15, 0.2) is 34.9 Å². The van der Waals surface area contributed by atoms with Gasteiger partial charge in [-0.2, -0.15) is 5.26 Å². The number of hydrogen-bond donors (Lipinski definition) is 2. The van der Waals surface area contributed by atoms with Crippen molar-refractivity contribution in [2.24, 2.45) is 0 Å². The smallest absolute Gasteiger partial charge is 0.153 e. The van der Waals surface area contributed by atoms with Crippen molar-refractivity contribution < 1.29 is 0 Å². The molecule has 1 aromatic heterocycles. The molecule has 1 aromatic carbocycles. The molecule has 0 aliphatic rings. The molecule has 0 fully saturated rings. The standard InChI is InChI=1S/C12H8BrClN4/c13-9-2-1-8(14)4-11(9)18-12-10(16)3-7(5-15)6-17-12/h1-4,6H,16H2,(H,17,18). The Hall–Kier alpha value is -1.77. The Bertz CT molecular complexity index is 636. The van der Waals surface area contributed by atoms with Crippen molar-refractivity contribution in [2.45, 2.75) is 0 Å². The van der Waals surface area contributed by atoms with Crippen LogP contribution in [0.25, 0.3) is 0 Å². The summed E-state index contributed by atoms with van der Waals surface area (Å²) in [4.78, 5) is 4.09. The van der Waals surface area contributed by atoms with Gasteiger partial charge in [0.25, 0.3) is 0 Å². The van der Waals surface area contributed by atoms with Crippen LogP contribution in [-0.4, -0.2) is 4.98 Å². The van der Waals surface area contributed by atoms with E-state index in [2.05, 4.69) is 26.2 Å². The van der Waals surface area contributed by atoms with Crippen LogP contribution in [0.3, 0.4) is 0 Å². The van der Waals surface area contributed by atoms with E-state index in [4.69, 9.17) is 22.6 Å². The number of aromatic nitrogens is 1. The highest BCUT2D eigenvalue weighted by Crippen LogP contribution is 2.30. The normalized spacial score (nSPS) is 9.83. The van der Waals surface area contributed by atoms with Gasteiger partial charge >= 0.3 is 0 Å². The van der Waals surface area contributed by atoms with Crippen LogP contribution in [-0.2, 0) is 0 Å². The third kappa shape index (κ3) is 2.73. The first kappa shape index (κ1) is 12.7. The van der Waals surface area contributed by atoms with E-state index in [1.54, 1.807) is 18.2 Å². The number of nitriles is 1. The van der Waals surface area contributed by atoms with Crippen LogP contribution in [0.1, 0.15) is 5.56 Å². The van der Waals surface area contributed by atoms with E-state index in [0.29, 0.717) is 22.1 Å². The number of pyridine rings is 1. The summed E-state index contributed by atoms with van der Waals surface area (Å²) in [6.45, 7) is 0. The molecule has 0 saturated heterocycles. The van der Waals surface area contributed by atoms with Gasteiger partial charge in [-0.05, 0) is 40.2 Å². The van der Waals surface area contributed by atoms with Gasteiger partial charge in [0.2, 0.25) is 0 Å². The minimum atomic E-state index is 0.404. The molecule has 0 radical (unpaired) electrons. The molecule has 0 bridgehead atoms. The Kier molecular flexibility index (Phi) is 3.70. The molecule has 2 aromatic rings. The summed E-state index contributed by atoms with van der Waals surface area (Å²) in [6, 6.07) is 8.89. The van der Waals surface area contributed by atoms with Crippen molar-refractivity contribution in [1.82, 2.24) is 4.98 Å². The summed E-state index contributed by atoms with van der Waals surface area (Å²) < 4.78 is 0.845. The van der Waals surface area contributed by atoms with Gasteiger partial charge in [-0.15, -0.1) is 0 Å². The highest BCUT2D eigenvalue weighted by molar-refractivity contribution is 9.10. The van der Waals surface area contributed by atoms with Gasteiger partial charge in [-0.25, -0.2) is 4.98 Å². The second kappa shape index (κ2) is 5.25. The number of hydrogen-bond acceptors (Lipinski definition) is 4. The number of nitrogens with one attached hydrogen (secondary N) is 1. The number of rotatable bonds is 2. The van der Waals surface area contributed by atoms with Gasteiger partial charge in [0.1, 0.15) is 6.07 Å². The summed E-state index contributed by atoms with van der Waals surface area (Å²) in [5, 5.41) is 12.4. The Morgan fingerprint density at radius 3 is 2.83 bits per heavy atom. The topological polar surface area (TPSA) is 74.7 Å². The quantitative estimate of drug-likeness (QED) is 0.883. The van der Waals surface area contributed by atoms with E-state index in [0.717, 1.165) is 10.2 Å². The number of anilines is 3. The Morgan fingerprint density at radius 1 is 1.39 bits per heavy atom. The number of benzene rings is 1. The number of halogens is 2. The molecule has 0 aliphatic heterocycles. The van der Waals surface area contributed by atoms with E-state index < -0.39 is 0 Å². The minimum Gasteiger partial charge on any atom is -0.396 e. The van der Waals surface area contributed by atoms with E-state index >= 15 is 0 Å². The van der Waals surface area contributed by atoms with Gasteiger partial charge in [0.15, 0.2) is 5.82 Å². The molecule has 0 unspecified atom stereocenters. The average Bonchev–Trinajstić information content (AvgIpc) is 2.36. The van der Waals surface area contributed by atoms with E-state index in [-0.39, 0.29) is 0 Å². The predicted molar refractivity (Wildman–Crippen MR) is 75.8 cm³/mol. The monoisotopic (exact) mass is 322 g/mol. The van der Waals surface area contributed by atoms with Crippen LogP contribution >= 0.6 is 27.5 Å². The molecule has 0 spiro atoms. The summed E-state index contributed by atoms with van der Waals surface area (Å²) in [5.41, 5.74) is 7.39. The van der Waals surface area contributed by atoms with Crippen molar-refractivity contribution >= 4 is 44.7 Å². The second-order valence-electron chi connectivity index (χ2n) is 3.52. The highest BCUT2D eigenvalue weighted by Gasteiger charge is 2.06. The highest BCUT2D eigenvalue weighted by atomic mass is 79.9. The fourth-order valence-corrected chi connectivity index (χ4v) is 1.89. The van der Waals surface area contributed by atoms with Crippen LogP contribution in [0, 0.1) is 11.3 Å². The van der Waals surface area contributed by atoms with Crippen molar-refractivity contribution in [3.05, 3.63) is 45.5 Å². The third-order valence-electron chi connectivity index (χ3n) is 2.23. The molecule has 0 amide bonds. The van der Waals surface area contributed by atoms with E-state index in [1.807, 2.05) is 12.1 Å². The molecule has 1 heterocycles. The molecular formula is C12H8BrClN4. The van der Waals surface area contributed by atoms with Gasteiger partial charge in [-0.1, -0.05) is 11.6 Å². The lowest BCUT2D eigenvalue weighted by Gasteiger charge is -2.10. The van der Waals surface area contributed by atoms with Crippen LogP contribution in [0.2, 0.25) is 5.02 Å². The van der Waals surface area contributed by atoms with Gasteiger partial charge in [0.05, 0.1) is 16.9 Å². The lowest BCUT2D eigenvalue weighted by Crippen LogP contribution is -2.00. The van der Waals surface area contributed by atoms with Crippen LogP contribution < -0.4 is 11.1 Å². The van der Waals surface area contributed by atoms with E-state index in [1.165, 1.54) is 6.20 Å². The maximum Gasteiger partial charge on any atom is 0.153 e. The zero-order valence-electron chi connectivity index (χ0n) is 9.11. The molecule has 0 saturated carbocycles. The van der Waals surface area contributed by atoms with Gasteiger partial charge in [-0.3, -0.25) is 0 Å². The SMILES string of the molecule is N#Cc1cnc(Nc2cc(Cl)ccc2Br)c(N)c1. The first-order valence-electron chi connectivity index (χ1n) is 4.98. The van der Waals surface area contributed by atoms with Crippen molar-refractivity contribution in [3.63, 3.8) is 0 Å². The summed E-state index contributed by atoms with van der Waals surface area (Å²) in [5.74, 6) is 0.483. The van der Waals surface area contributed by atoms with E-state index in [9.17, 15) is 0 Å². The van der Waals surface area contributed by atoms with Crippen LogP contribution in [0.5, 0.6) is 0 Å². The number of nitrogen functional groups attached to an aromatic ring is 1. The predicted octanol–water partition coefficient (Wildman–Crippen LogP) is 3.69. The molecule has 0 atom stereocenters. The molecular weight excluding hydrogens is 316 g/mol. The van der Waals surface area contributed by atoms with Crippen molar-refractivity contribution in [1.29, 1.82) is 5.26 Å². The molecule has 0 aliphatic carbocycles. The largest absolute Gasteiger partial charge is 0.396 e. The molecule has 90 valence electrons. The van der Waals surface area contributed by atoms with Crippen molar-refractivity contribution in [2.75, 3.05) is 11.1 Å². The molecule has 4 nitrogen and oxygen atoms in total. The van der Waals surface area contributed by atoms with Gasteiger partial charge in [0, 0.05) is 15.7 Å². The Morgan fingerprint density at radius 2 is 2.17 bits per heavy atom. The minimum absolute atomic E-state index is 0.404. The fourth-order valence-electron chi connectivity index (χ4n) is 1.37. The Balaban J connectivity index is 2.34. The fraction of sp³-hybridized carbons (Fsp3) is 0. The lowest BCUT2D eigenvalue weighted by molar-refractivity contribution is 1.29. The second-order valence-corrected chi connectivity index (χ2v) is 4.81. The average molecular weight is 324 g/mol. The third-order valence-corrected chi connectivity index (χ3v) is 3.15. The zero-order valence-corrected chi connectivity index (χ0v) is 11.5. The maximum atomic E-state index is 8.73. The van der Waals surface area contributed by atoms with Crippen LogP contribution in [0.4, 0.5) is 17.2 Å². The lowest BCUT2D eigenvalue weighted by atomic mass is 10.2. The Labute approximate surface area is 118 Å². The molecule has 3 N–H and O–H groups in total. The number of nitrogens with two attached hydrogens (primary N) is 1.